The average molecular weight is 531 g/mol. The fourth-order valence-electron chi connectivity index (χ4n) is 4.11. The van der Waals surface area contributed by atoms with E-state index in [-0.39, 0.29) is 31.0 Å². The van der Waals surface area contributed by atoms with Crippen molar-refractivity contribution in [2.24, 2.45) is 0 Å². The number of aromatic nitrogens is 2. The van der Waals surface area contributed by atoms with Crippen molar-refractivity contribution in [3.8, 4) is 22.6 Å². The van der Waals surface area contributed by atoms with Gasteiger partial charge in [0, 0.05) is 16.6 Å². The Hall–Kier alpha value is -4.10. The lowest BCUT2D eigenvalue weighted by Gasteiger charge is -2.26. The van der Waals surface area contributed by atoms with E-state index in [1.54, 1.807) is 28.9 Å². The summed E-state index contributed by atoms with van der Waals surface area (Å²) >= 11 is 5.92. The number of rotatable bonds is 9. The first-order chi connectivity index (χ1) is 18.2. The van der Waals surface area contributed by atoms with Crippen LogP contribution in [0.2, 0.25) is 5.02 Å². The van der Waals surface area contributed by atoms with Gasteiger partial charge in [0.15, 0.2) is 6.61 Å². The Balaban J connectivity index is 1.57. The molecule has 0 aliphatic carbocycles. The number of aryl methyl sites for hydroxylation is 2. The molecule has 0 unspecified atom stereocenters. The molecule has 0 atom stereocenters. The standard InChI is InChI=1S/C30H31ClN4O3/c1-20(2)34(28(37)19-38-26-16-12-24(31)13-17-26)18-27(36)32-30-29(23-8-6-5-7-9-23)22(4)33-35(30)25-14-10-21(3)11-15-25/h5-17,20H,18-19H2,1-4H3,(H,32,36). The largest absolute Gasteiger partial charge is 0.484 e. The summed E-state index contributed by atoms with van der Waals surface area (Å²) in [5.74, 6) is 0.456. The van der Waals surface area contributed by atoms with E-state index < -0.39 is 0 Å². The van der Waals surface area contributed by atoms with Gasteiger partial charge in [-0.05, 0) is 69.7 Å². The minimum atomic E-state index is -0.330. The monoisotopic (exact) mass is 530 g/mol. The number of nitrogens with zero attached hydrogens (tertiary/aromatic N) is 3. The molecule has 196 valence electrons. The third-order valence-electron chi connectivity index (χ3n) is 6.09. The van der Waals surface area contributed by atoms with Crippen LogP contribution in [0.1, 0.15) is 25.1 Å². The molecule has 1 heterocycles. The fraction of sp³-hybridized carbons (Fsp3) is 0.233. The second kappa shape index (κ2) is 12.0. The number of halogens is 1. The van der Waals surface area contributed by atoms with Gasteiger partial charge in [0.05, 0.1) is 11.4 Å². The summed E-state index contributed by atoms with van der Waals surface area (Å²) in [6.07, 6.45) is 0. The lowest BCUT2D eigenvalue weighted by molar-refractivity contribution is -0.138. The zero-order valence-electron chi connectivity index (χ0n) is 21.9. The SMILES string of the molecule is Cc1ccc(-n2nc(C)c(-c3ccccc3)c2NC(=O)CN(C(=O)COc2ccc(Cl)cc2)C(C)C)cc1. The quantitative estimate of drug-likeness (QED) is 0.285. The van der Waals surface area contributed by atoms with Crippen LogP contribution in [-0.4, -0.2) is 45.7 Å². The van der Waals surface area contributed by atoms with Gasteiger partial charge < -0.3 is 15.0 Å². The van der Waals surface area contributed by atoms with Gasteiger partial charge in [-0.1, -0.05) is 59.6 Å². The summed E-state index contributed by atoms with van der Waals surface area (Å²) in [6, 6.07) is 24.3. The molecule has 0 saturated carbocycles. The highest BCUT2D eigenvalue weighted by atomic mass is 35.5. The summed E-state index contributed by atoms with van der Waals surface area (Å²) < 4.78 is 7.36. The second-order valence-electron chi connectivity index (χ2n) is 9.33. The van der Waals surface area contributed by atoms with E-state index in [1.165, 1.54) is 4.90 Å². The molecule has 1 N–H and O–H groups in total. The molecule has 0 fully saturated rings. The van der Waals surface area contributed by atoms with E-state index in [0.717, 1.165) is 28.1 Å². The van der Waals surface area contributed by atoms with Crippen LogP contribution in [0.25, 0.3) is 16.8 Å². The Morgan fingerprint density at radius 1 is 0.974 bits per heavy atom. The minimum Gasteiger partial charge on any atom is -0.484 e. The number of benzene rings is 3. The number of anilines is 1. The minimum absolute atomic E-state index is 0.132. The Morgan fingerprint density at radius 3 is 2.26 bits per heavy atom. The molecule has 0 aliphatic heterocycles. The van der Waals surface area contributed by atoms with Crippen LogP contribution in [-0.2, 0) is 9.59 Å². The van der Waals surface area contributed by atoms with Gasteiger partial charge in [-0.25, -0.2) is 4.68 Å². The summed E-state index contributed by atoms with van der Waals surface area (Å²) in [7, 11) is 0. The zero-order chi connectivity index (χ0) is 27.2. The number of carbonyl (C=O) groups is 2. The highest BCUT2D eigenvalue weighted by molar-refractivity contribution is 6.30. The molecule has 0 aliphatic rings. The van der Waals surface area contributed by atoms with Gasteiger partial charge in [-0.2, -0.15) is 5.10 Å². The third kappa shape index (κ3) is 6.42. The van der Waals surface area contributed by atoms with E-state index in [2.05, 4.69) is 5.32 Å². The van der Waals surface area contributed by atoms with Crippen molar-refractivity contribution in [1.29, 1.82) is 0 Å². The molecular weight excluding hydrogens is 500 g/mol. The first-order valence-corrected chi connectivity index (χ1v) is 12.8. The van der Waals surface area contributed by atoms with Gasteiger partial charge in [0.1, 0.15) is 18.1 Å². The van der Waals surface area contributed by atoms with Gasteiger partial charge in [-0.15, -0.1) is 0 Å². The Kier molecular flexibility index (Phi) is 8.48. The predicted octanol–water partition coefficient (Wildman–Crippen LogP) is 6.06. The molecule has 0 radical (unpaired) electrons. The maximum atomic E-state index is 13.4. The van der Waals surface area contributed by atoms with Crippen LogP contribution in [0.3, 0.4) is 0 Å². The molecule has 1 aromatic heterocycles. The fourth-order valence-corrected chi connectivity index (χ4v) is 4.24. The van der Waals surface area contributed by atoms with Crippen molar-refractivity contribution < 1.29 is 14.3 Å². The third-order valence-corrected chi connectivity index (χ3v) is 6.34. The van der Waals surface area contributed by atoms with Crippen LogP contribution >= 0.6 is 11.6 Å². The number of nitrogens with one attached hydrogen (secondary N) is 1. The van der Waals surface area contributed by atoms with Crippen molar-refractivity contribution in [2.75, 3.05) is 18.5 Å². The van der Waals surface area contributed by atoms with Crippen LogP contribution in [0.4, 0.5) is 5.82 Å². The topological polar surface area (TPSA) is 76.5 Å². The first-order valence-electron chi connectivity index (χ1n) is 12.4. The zero-order valence-corrected chi connectivity index (χ0v) is 22.7. The van der Waals surface area contributed by atoms with Crippen LogP contribution in [0.15, 0.2) is 78.9 Å². The van der Waals surface area contributed by atoms with E-state index >= 15 is 0 Å². The van der Waals surface area contributed by atoms with Gasteiger partial charge in [0.25, 0.3) is 5.91 Å². The molecule has 4 rings (SSSR count). The molecule has 4 aromatic rings. The molecule has 0 saturated heterocycles. The van der Waals surface area contributed by atoms with Crippen molar-refractivity contribution >= 4 is 29.2 Å². The molecule has 0 bridgehead atoms. The summed E-state index contributed by atoms with van der Waals surface area (Å²) in [5, 5.41) is 8.38. The van der Waals surface area contributed by atoms with Crippen LogP contribution in [0.5, 0.6) is 5.75 Å². The second-order valence-corrected chi connectivity index (χ2v) is 9.76. The first kappa shape index (κ1) is 26.9. The number of ether oxygens (including phenoxy) is 1. The van der Waals surface area contributed by atoms with Gasteiger partial charge in [0.2, 0.25) is 5.91 Å². The Morgan fingerprint density at radius 2 is 1.63 bits per heavy atom. The molecule has 8 heteroatoms. The van der Waals surface area contributed by atoms with Gasteiger partial charge >= 0.3 is 0 Å². The van der Waals surface area contributed by atoms with Crippen LogP contribution < -0.4 is 10.1 Å². The maximum absolute atomic E-state index is 13.4. The smallest absolute Gasteiger partial charge is 0.261 e. The van der Waals surface area contributed by atoms with Gasteiger partial charge in [-0.3, -0.25) is 9.59 Å². The lowest BCUT2D eigenvalue weighted by Crippen LogP contribution is -2.44. The highest BCUT2D eigenvalue weighted by Gasteiger charge is 2.24. The predicted molar refractivity (Wildman–Crippen MR) is 151 cm³/mol. The van der Waals surface area contributed by atoms with Crippen molar-refractivity contribution in [3.05, 3.63) is 95.1 Å². The number of hydrogen-bond acceptors (Lipinski definition) is 4. The van der Waals surface area contributed by atoms with E-state index in [1.807, 2.05) is 82.3 Å². The molecular formula is C30H31ClN4O3. The molecule has 38 heavy (non-hydrogen) atoms. The summed E-state index contributed by atoms with van der Waals surface area (Å²) in [5.41, 5.74) is 4.49. The van der Waals surface area contributed by atoms with E-state index in [9.17, 15) is 9.59 Å². The summed E-state index contributed by atoms with van der Waals surface area (Å²) in [4.78, 5) is 27.9. The number of hydrogen-bond donors (Lipinski definition) is 1. The van der Waals surface area contributed by atoms with Crippen LogP contribution in [0, 0.1) is 13.8 Å². The molecule has 3 aromatic carbocycles. The molecule has 7 nitrogen and oxygen atoms in total. The Bertz CT molecular complexity index is 1400. The number of amides is 2. The average Bonchev–Trinajstić information content (AvgIpc) is 3.22. The normalized spacial score (nSPS) is 10.9. The van der Waals surface area contributed by atoms with Crippen molar-refractivity contribution in [2.45, 2.75) is 33.7 Å². The highest BCUT2D eigenvalue weighted by Crippen LogP contribution is 2.33. The van der Waals surface area contributed by atoms with E-state index in [0.29, 0.717) is 16.6 Å². The maximum Gasteiger partial charge on any atom is 0.261 e. The van der Waals surface area contributed by atoms with Crippen molar-refractivity contribution in [1.82, 2.24) is 14.7 Å². The number of carbonyl (C=O) groups excluding carboxylic acids is 2. The molecule has 0 spiro atoms. The lowest BCUT2D eigenvalue weighted by atomic mass is 10.1. The Labute approximate surface area is 228 Å². The molecule has 2 amide bonds. The summed E-state index contributed by atoms with van der Waals surface area (Å²) in [6.45, 7) is 7.34. The van der Waals surface area contributed by atoms with Crippen molar-refractivity contribution in [3.63, 3.8) is 0 Å². The van der Waals surface area contributed by atoms with E-state index in [4.69, 9.17) is 21.4 Å².